The van der Waals surface area contributed by atoms with Crippen molar-refractivity contribution in [2.45, 2.75) is 70.3 Å². The fraction of sp³-hybridized carbons (Fsp3) is 0.545. The van der Waals surface area contributed by atoms with Crippen molar-refractivity contribution in [2.24, 2.45) is 0 Å². The normalized spacial score (nSPS) is 25.4. The van der Waals surface area contributed by atoms with E-state index in [1.165, 1.54) is 12.1 Å². The summed E-state index contributed by atoms with van der Waals surface area (Å²) in [6, 6.07) is 4.47. The fourth-order valence-corrected chi connectivity index (χ4v) is 5.54. The van der Waals surface area contributed by atoms with Crippen LogP contribution in [-0.2, 0) is 16.8 Å². The zero-order valence-corrected chi connectivity index (χ0v) is 20.9. The number of nitrogens with zero attached hydrogens (tertiary/aromatic N) is 3. The second kappa shape index (κ2) is 7.57. The van der Waals surface area contributed by atoms with Crippen LogP contribution >= 0.6 is 34.2 Å². The molecule has 4 rings (SSSR count). The second-order valence-electron chi connectivity index (χ2n) is 9.57. The molecule has 5 nitrogen and oxygen atoms in total. The number of alkyl halides is 1. The van der Waals surface area contributed by atoms with Crippen LogP contribution in [0, 0.1) is 9.39 Å². The monoisotopic (exact) mass is 563 g/mol. The lowest BCUT2D eigenvalue weighted by atomic mass is 9.64. The predicted molar refractivity (Wildman–Crippen MR) is 123 cm³/mol. The van der Waals surface area contributed by atoms with Gasteiger partial charge in [0.25, 0.3) is 0 Å². The van der Waals surface area contributed by atoms with Gasteiger partial charge in [0, 0.05) is 24.9 Å². The van der Waals surface area contributed by atoms with Crippen molar-refractivity contribution in [1.82, 2.24) is 14.7 Å². The minimum absolute atomic E-state index is 0.0155. The second-order valence-corrected chi connectivity index (χ2v) is 11.1. The Bertz CT molecular complexity index is 1040. The molecular weight excluding hydrogens is 539 g/mol. The maximum absolute atomic E-state index is 15.0. The van der Waals surface area contributed by atoms with Gasteiger partial charge in [0.2, 0.25) is 0 Å². The third-order valence-electron chi connectivity index (χ3n) is 5.96. The van der Waals surface area contributed by atoms with Crippen LogP contribution in [0.2, 0.25) is 5.02 Å². The Morgan fingerprint density at radius 3 is 2.61 bits per heavy atom. The Morgan fingerprint density at radius 1 is 1.35 bits per heavy atom. The summed E-state index contributed by atoms with van der Waals surface area (Å²) in [5.74, 6) is -0.499. The lowest BCUT2D eigenvalue weighted by Crippen LogP contribution is -2.64. The summed E-state index contributed by atoms with van der Waals surface area (Å²) < 4.78 is 37.0. The number of amides is 1. The zero-order valence-electron chi connectivity index (χ0n) is 17.9. The largest absolute Gasteiger partial charge is 0.444 e. The maximum atomic E-state index is 15.0. The van der Waals surface area contributed by atoms with Crippen molar-refractivity contribution < 1.29 is 18.3 Å². The summed E-state index contributed by atoms with van der Waals surface area (Å²) in [5.41, 5.74) is -0.375. The number of carbonyl (C=O) groups excluding carboxylic acids is 1. The van der Waals surface area contributed by atoms with Gasteiger partial charge in [0.1, 0.15) is 22.8 Å². The standard InChI is InChI=1S/C22H25ClF2IN3O2/c1-5-21(25)10-22(11-21)12-28(19(30)31-20(2,3)4)9-16-17(26)18(27-29(16)22)13-6-7-15(24)14(23)8-13/h6-8H,5,9-12H2,1-4H3. The van der Waals surface area contributed by atoms with Gasteiger partial charge >= 0.3 is 6.09 Å². The van der Waals surface area contributed by atoms with Crippen molar-refractivity contribution in [3.63, 3.8) is 0 Å². The molecule has 2 aliphatic rings. The number of benzene rings is 1. The van der Waals surface area contributed by atoms with E-state index in [0.717, 1.165) is 9.26 Å². The Balaban J connectivity index is 1.77. The Hall–Kier alpha value is -1.42. The number of fused-ring (bicyclic) bond motifs is 2. The van der Waals surface area contributed by atoms with Crippen molar-refractivity contribution in [3.8, 4) is 11.3 Å². The van der Waals surface area contributed by atoms with Crippen molar-refractivity contribution in [2.75, 3.05) is 6.54 Å². The van der Waals surface area contributed by atoms with Gasteiger partial charge in [-0.05, 0) is 68.0 Å². The van der Waals surface area contributed by atoms with Gasteiger partial charge in [-0.1, -0.05) is 18.5 Å². The Morgan fingerprint density at radius 2 is 2.03 bits per heavy atom. The average Bonchev–Trinajstić information content (AvgIpc) is 2.99. The molecule has 1 aromatic heterocycles. The van der Waals surface area contributed by atoms with Crippen LogP contribution in [0.5, 0.6) is 0 Å². The number of hydrogen-bond acceptors (Lipinski definition) is 3. The molecule has 2 aromatic rings. The topological polar surface area (TPSA) is 47.4 Å². The van der Waals surface area contributed by atoms with E-state index in [-0.39, 0.29) is 17.9 Å². The lowest BCUT2D eigenvalue weighted by molar-refractivity contribution is -0.0965. The molecule has 9 heteroatoms. The fourth-order valence-electron chi connectivity index (χ4n) is 4.54. The first-order valence-electron chi connectivity index (χ1n) is 10.3. The smallest absolute Gasteiger partial charge is 0.410 e. The van der Waals surface area contributed by atoms with Crippen LogP contribution in [0.3, 0.4) is 0 Å². The molecule has 1 fully saturated rings. The highest BCUT2D eigenvalue weighted by atomic mass is 127. The molecule has 1 aromatic carbocycles. The minimum Gasteiger partial charge on any atom is -0.444 e. The van der Waals surface area contributed by atoms with E-state index in [1.807, 2.05) is 32.4 Å². The van der Waals surface area contributed by atoms with E-state index in [2.05, 4.69) is 22.6 Å². The van der Waals surface area contributed by atoms with E-state index in [0.29, 0.717) is 30.8 Å². The summed E-state index contributed by atoms with van der Waals surface area (Å²) in [7, 11) is 0. The molecule has 0 radical (unpaired) electrons. The van der Waals surface area contributed by atoms with Gasteiger partial charge in [-0.2, -0.15) is 5.10 Å². The molecule has 1 amide bonds. The third kappa shape index (κ3) is 4.05. The SMILES string of the molecule is CCC1(F)CC2(CN(C(=O)OC(C)(C)C)Cc3c(I)c(-c4ccc(F)c(Cl)c4)nn32)C1. The van der Waals surface area contributed by atoms with E-state index >= 15 is 4.39 Å². The van der Waals surface area contributed by atoms with Gasteiger partial charge < -0.3 is 4.74 Å². The van der Waals surface area contributed by atoms with Gasteiger partial charge in [0.15, 0.2) is 0 Å². The number of halogens is 4. The highest BCUT2D eigenvalue weighted by molar-refractivity contribution is 14.1. The first-order chi connectivity index (χ1) is 14.4. The molecule has 0 N–H and O–H groups in total. The molecule has 2 heterocycles. The van der Waals surface area contributed by atoms with Crippen LogP contribution in [0.15, 0.2) is 18.2 Å². The van der Waals surface area contributed by atoms with E-state index < -0.39 is 28.7 Å². The first kappa shape index (κ1) is 22.8. The Kier molecular flexibility index (Phi) is 5.56. The van der Waals surface area contributed by atoms with Crippen LogP contribution in [-0.4, -0.2) is 38.6 Å². The van der Waals surface area contributed by atoms with Crippen LogP contribution in [0.25, 0.3) is 11.3 Å². The zero-order chi connectivity index (χ0) is 22.8. The molecule has 31 heavy (non-hydrogen) atoms. The van der Waals surface area contributed by atoms with Gasteiger partial charge in [0.05, 0.1) is 26.4 Å². The van der Waals surface area contributed by atoms with Gasteiger partial charge in [-0.15, -0.1) is 0 Å². The maximum Gasteiger partial charge on any atom is 0.410 e. The molecule has 0 unspecified atom stereocenters. The third-order valence-corrected chi connectivity index (χ3v) is 7.39. The number of ether oxygens (including phenoxy) is 1. The molecule has 1 spiro atoms. The van der Waals surface area contributed by atoms with Crippen molar-refractivity contribution in [1.29, 1.82) is 0 Å². The van der Waals surface area contributed by atoms with Gasteiger partial charge in [-0.25, -0.2) is 13.6 Å². The molecule has 0 saturated heterocycles. The average molecular weight is 564 g/mol. The summed E-state index contributed by atoms with van der Waals surface area (Å²) in [6.45, 7) is 7.94. The van der Waals surface area contributed by atoms with E-state index in [1.54, 1.807) is 11.0 Å². The lowest BCUT2D eigenvalue weighted by Gasteiger charge is -2.55. The van der Waals surface area contributed by atoms with Crippen LogP contribution in [0.1, 0.15) is 52.7 Å². The van der Waals surface area contributed by atoms with Crippen LogP contribution in [0.4, 0.5) is 13.6 Å². The van der Waals surface area contributed by atoms with E-state index in [9.17, 15) is 9.18 Å². The van der Waals surface area contributed by atoms with Crippen molar-refractivity contribution >= 4 is 40.3 Å². The molecule has 1 aliphatic carbocycles. The molecule has 1 saturated carbocycles. The van der Waals surface area contributed by atoms with E-state index in [4.69, 9.17) is 21.4 Å². The highest BCUT2D eigenvalue weighted by Gasteiger charge is 2.59. The number of aromatic nitrogens is 2. The Labute approximate surface area is 199 Å². The number of rotatable bonds is 2. The summed E-state index contributed by atoms with van der Waals surface area (Å²) in [6.07, 6.45) is 0.554. The number of hydrogen-bond donors (Lipinski definition) is 0. The molecule has 168 valence electrons. The van der Waals surface area contributed by atoms with Gasteiger partial charge in [-0.3, -0.25) is 9.58 Å². The number of carbonyl (C=O) groups is 1. The predicted octanol–water partition coefficient (Wildman–Crippen LogP) is 6.31. The minimum atomic E-state index is -1.27. The molecular formula is C22H25ClF2IN3O2. The molecule has 1 aliphatic heterocycles. The summed E-state index contributed by atoms with van der Waals surface area (Å²) >= 11 is 8.18. The quantitative estimate of drug-likeness (QED) is 0.403. The summed E-state index contributed by atoms with van der Waals surface area (Å²) in [4.78, 5) is 14.5. The van der Waals surface area contributed by atoms with Crippen LogP contribution < -0.4 is 0 Å². The summed E-state index contributed by atoms with van der Waals surface area (Å²) in [5, 5.41) is 4.83. The van der Waals surface area contributed by atoms with Crippen molar-refractivity contribution in [3.05, 3.63) is 38.3 Å². The highest BCUT2D eigenvalue weighted by Crippen LogP contribution is 2.54. The molecule has 0 bridgehead atoms. The molecule has 0 atom stereocenters. The first-order valence-corrected chi connectivity index (χ1v) is 11.7.